The first-order valence-corrected chi connectivity index (χ1v) is 6.58. The molecule has 0 radical (unpaired) electrons. The molecule has 3 heteroatoms. The number of fused-ring (bicyclic) bond motifs is 2. The van der Waals surface area contributed by atoms with Crippen molar-refractivity contribution in [3.8, 4) is 0 Å². The molecule has 1 aromatic carbocycles. The van der Waals surface area contributed by atoms with Crippen LogP contribution in [0.15, 0.2) is 24.3 Å². The molecule has 2 atom stereocenters. The van der Waals surface area contributed by atoms with E-state index in [9.17, 15) is 4.79 Å². The van der Waals surface area contributed by atoms with Gasteiger partial charge in [0.1, 0.15) is 0 Å². The van der Waals surface area contributed by atoms with E-state index in [1.165, 1.54) is 18.2 Å². The van der Waals surface area contributed by atoms with Crippen LogP contribution in [0.25, 0.3) is 0 Å². The Kier molecular flexibility index (Phi) is 2.86. The van der Waals surface area contributed by atoms with Gasteiger partial charge in [0.2, 0.25) is 0 Å². The van der Waals surface area contributed by atoms with Gasteiger partial charge < -0.3 is 10.1 Å². The summed E-state index contributed by atoms with van der Waals surface area (Å²) in [5, 5.41) is 3.46. The maximum absolute atomic E-state index is 11.7. The Morgan fingerprint density at radius 3 is 3.00 bits per heavy atom. The Balaban J connectivity index is 1.92. The van der Waals surface area contributed by atoms with Gasteiger partial charge in [0.25, 0.3) is 0 Å². The second-order valence-electron chi connectivity index (χ2n) is 5.59. The minimum absolute atomic E-state index is 0.0709. The van der Waals surface area contributed by atoms with E-state index < -0.39 is 0 Å². The summed E-state index contributed by atoms with van der Waals surface area (Å²) < 4.78 is 4.88. The highest BCUT2D eigenvalue weighted by molar-refractivity contribution is 5.70. The molecular formula is C15H19NO2. The number of benzene rings is 1. The van der Waals surface area contributed by atoms with Gasteiger partial charge in [-0.25, -0.2) is 0 Å². The van der Waals surface area contributed by atoms with E-state index in [0.717, 1.165) is 25.9 Å². The van der Waals surface area contributed by atoms with Crippen LogP contribution in [0.5, 0.6) is 0 Å². The van der Waals surface area contributed by atoms with Crippen LogP contribution in [0, 0.1) is 11.3 Å². The molecule has 0 bridgehead atoms. The Morgan fingerprint density at radius 1 is 1.44 bits per heavy atom. The Hall–Kier alpha value is -1.35. The molecule has 1 aromatic rings. The van der Waals surface area contributed by atoms with E-state index in [2.05, 4.69) is 29.6 Å². The number of carbonyl (C=O) groups is 1. The van der Waals surface area contributed by atoms with Crippen LogP contribution in [0.4, 0.5) is 0 Å². The van der Waals surface area contributed by atoms with Crippen LogP contribution < -0.4 is 5.32 Å². The van der Waals surface area contributed by atoms with E-state index in [1.54, 1.807) is 0 Å². The quantitative estimate of drug-likeness (QED) is 0.803. The van der Waals surface area contributed by atoms with Gasteiger partial charge in [0.15, 0.2) is 0 Å². The van der Waals surface area contributed by atoms with E-state index in [4.69, 9.17) is 4.74 Å². The molecule has 1 heterocycles. The van der Waals surface area contributed by atoms with E-state index >= 15 is 0 Å². The summed E-state index contributed by atoms with van der Waals surface area (Å²) in [6.45, 7) is 1.95. The van der Waals surface area contributed by atoms with Gasteiger partial charge in [-0.15, -0.1) is 0 Å². The molecule has 1 aliphatic heterocycles. The van der Waals surface area contributed by atoms with Crippen LogP contribution in [-0.4, -0.2) is 26.2 Å². The largest absolute Gasteiger partial charge is 0.469 e. The lowest BCUT2D eigenvalue weighted by Crippen LogP contribution is -2.39. The molecule has 2 aliphatic rings. The standard InChI is InChI=1S/C15H19NO2/c1-18-14(17)8-15-7-12-5-3-2-4-11(12)6-13(15)9-16-10-15/h2-5,13,16H,6-10H2,1H3. The molecule has 2 unspecified atom stereocenters. The van der Waals surface area contributed by atoms with Crippen molar-refractivity contribution in [2.75, 3.05) is 20.2 Å². The molecule has 18 heavy (non-hydrogen) atoms. The lowest BCUT2D eigenvalue weighted by atomic mass is 9.64. The lowest BCUT2D eigenvalue weighted by Gasteiger charge is -2.39. The Morgan fingerprint density at radius 2 is 2.22 bits per heavy atom. The number of esters is 1. The number of hydrogen-bond acceptors (Lipinski definition) is 3. The number of carbonyl (C=O) groups excluding carboxylic acids is 1. The van der Waals surface area contributed by atoms with Crippen molar-refractivity contribution in [3.05, 3.63) is 35.4 Å². The molecule has 0 amide bonds. The summed E-state index contributed by atoms with van der Waals surface area (Å²) in [7, 11) is 1.48. The summed E-state index contributed by atoms with van der Waals surface area (Å²) in [5.41, 5.74) is 2.93. The highest BCUT2D eigenvalue weighted by Crippen LogP contribution is 2.45. The zero-order valence-corrected chi connectivity index (χ0v) is 10.7. The Bertz CT molecular complexity index is 471. The molecule has 1 N–H and O–H groups in total. The molecular weight excluding hydrogens is 226 g/mol. The van der Waals surface area contributed by atoms with Crippen LogP contribution >= 0.6 is 0 Å². The van der Waals surface area contributed by atoms with Crippen LogP contribution in [-0.2, 0) is 22.4 Å². The van der Waals surface area contributed by atoms with Crippen LogP contribution in [0.2, 0.25) is 0 Å². The third kappa shape index (κ3) is 1.83. The molecule has 3 nitrogen and oxygen atoms in total. The second-order valence-corrected chi connectivity index (χ2v) is 5.59. The van der Waals surface area contributed by atoms with E-state index in [-0.39, 0.29) is 11.4 Å². The first-order chi connectivity index (χ1) is 8.73. The molecule has 0 aromatic heterocycles. The minimum atomic E-state index is -0.0805. The normalized spacial score (nSPS) is 29.5. The predicted octanol–water partition coefficient (Wildman–Crippen LogP) is 1.55. The highest BCUT2D eigenvalue weighted by atomic mass is 16.5. The molecule has 96 valence electrons. The topological polar surface area (TPSA) is 38.3 Å². The molecule has 3 rings (SSSR count). The summed E-state index contributed by atoms with van der Waals surface area (Å²) >= 11 is 0. The number of nitrogens with one attached hydrogen (secondary N) is 1. The van der Waals surface area contributed by atoms with Gasteiger partial charge in [-0.05, 0) is 36.4 Å². The van der Waals surface area contributed by atoms with Crippen molar-refractivity contribution in [3.63, 3.8) is 0 Å². The van der Waals surface area contributed by atoms with Crippen molar-refractivity contribution in [2.24, 2.45) is 11.3 Å². The van der Waals surface area contributed by atoms with E-state index in [1.807, 2.05) is 0 Å². The molecule has 0 spiro atoms. The van der Waals surface area contributed by atoms with Crippen molar-refractivity contribution in [1.29, 1.82) is 0 Å². The van der Waals surface area contributed by atoms with Crippen LogP contribution in [0.3, 0.4) is 0 Å². The fourth-order valence-corrected chi connectivity index (χ4v) is 3.55. The predicted molar refractivity (Wildman–Crippen MR) is 69.3 cm³/mol. The highest BCUT2D eigenvalue weighted by Gasteiger charge is 2.47. The van der Waals surface area contributed by atoms with Gasteiger partial charge in [-0.3, -0.25) is 4.79 Å². The molecule has 1 saturated heterocycles. The van der Waals surface area contributed by atoms with E-state index in [0.29, 0.717) is 12.3 Å². The Labute approximate surface area is 108 Å². The first kappa shape index (κ1) is 11.7. The SMILES string of the molecule is COC(=O)CC12CNCC1Cc1ccccc1C2. The summed E-state index contributed by atoms with van der Waals surface area (Å²) in [6, 6.07) is 8.61. The first-order valence-electron chi connectivity index (χ1n) is 6.58. The summed E-state index contributed by atoms with van der Waals surface area (Å²) in [6.07, 6.45) is 2.62. The lowest BCUT2D eigenvalue weighted by molar-refractivity contribution is -0.144. The van der Waals surface area contributed by atoms with Crippen molar-refractivity contribution < 1.29 is 9.53 Å². The summed E-state index contributed by atoms with van der Waals surface area (Å²) in [5.74, 6) is 0.481. The smallest absolute Gasteiger partial charge is 0.306 e. The monoisotopic (exact) mass is 245 g/mol. The van der Waals surface area contributed by atoms with Gasteiger partial charge in [0.05, 0.1) is 13.5 Å². The fourth-order valence-electron chi connectivity index (χ4n) is 3.55. The molecule has 1 fully saturated rings. The van der Waals surface area contributed by atoms with Crippen molar-refractivity contribution in [1.82, 2.24) is 5.32 Å². The number of methoxy groups -OCH3 is 1. The zero-order valence-electron chi connectivity index (χ0n) is 10.7. The van der Waals surface area contributed by atoms with Crippen molar-refractivity contribution >= 4 is 5.97 Å². The van der Waals surface area contributed by atoms with Crippen molar-refractivity contribution in [2.45, 2.75) is 19.3 Å². The fraction of sp³-hybridized carbons (Fsp3) is 0.533. The average molecular weight is 245 g/mol. The maximum atomic E-state index is 11.7. The summed E-state index contributed by atoms with van der Waals surface area (Å²) in [4.78, 5) is 11.7. The molecule has 1 aliphatic carbocycles. The minimum Gasteiger partial charge on any atom is -0.469 e. The number of hydrogen-bond donors (Lipinski definition) is 1. The average Bonchev–Trinajstić information content (AvgIpc) is 2.77. The second kappa shape index (κ2) is 4.39. The number of ether oxygens (including phenoxy) is 1. The third-order valence-electron chi connectivity index (χ3n) is 4.59. The van der Waals surface area contributed by atoms with Gasteiger partial charge in [-0.2, -0.15) is 0 Å². The van der Waals surface area contributed by atoms with Gasteiger partial charge in [0, 0.05) is 12.0 Å². The van der Waals surface area contributed by atoms with Gasteiger partial charge >= 0.3 is 5.97 Å². The van der Waals surface area contributed by atoms with Crippen LogP contribution in [0.1, 0.15) is 17.5 Å². The molecule has 0 saturated carbocycles. The van der Waals surface area contributed by atoms with Gasteiger partial charge in [-0.1, -0.05) is 24.3 Å². The maximum Gasteiger partial charge on any atom is 0.306 e. The number of rotatable bonds is 2. The zero-order chi connectivity index (χ0) is 12.6. The third-order valence-corrected chi connectivity index (χ3v) is 4.59.